The van der Waals surface area contributed by atoms with Crippen molar-refractivity contribution in [3.8, 4) is 0 Å². The normalized spacial score (nSPS) is 29.5. The Morgan fingerprint density at radius 1 is 1.69 bits per heavy atom. The molecule has 1 aliphatic rings. The van der Waals surface area contributed by atoms with Gasteiger partial charge in [0.15, 0.2) is 0 Å². The molecule has 0 unspecified atom stereocenters. The van der Waals surface area contributed by atoms with Gasteiger partial charge in [-0.25, -0.2) is 3.11 Å². The third-order valence-electron chi connectivity index (χ3n) is 2.23. The number of nitrogens with zero attached hydrogens (tertiary/aromatic N) is 1. The summed E-state index contributed by atoms with van der Waals surface area (Å²) >= 11 is 2.21. The molecule has 2 atom stereocenters. The zero-order valence-electron chi connectivity index (χ0n) is 8.12. The summed E-state index contributed by atoms with van der Waals surface area (Å²) in [5, 5.41) is 0. The van der Waals surface area contributed by atoms with Crippen LogP contribution in [0.15, 0.2) is 0 Å². The van der Waals surface area contributed by atoms with E-state index < -0.39 is 0 Å². The van der Waals surface area contributed by atoms with Crippen molar-refractivity contribution in [1.82, 2.24) is 3.11 Å². The number of hydrogen-bond donors (Lipinski definition) is 0. The molecule has 0 radical (unpaired) electrons. The molecule has 1 heterocycles. The minimum Gasteiger partial charge on any atom is -0.377 e. The van der Waals surface area contributed by atoms with E-state index in [1.54, 1.807) is 6.92 Å². The van der Waals surface area contributed by atoms with Crippen molar-refractivity contribution >= 4 is 28.6 Å². The van der Waals surface area contributed by atoms with Gasteiger partial charge in [-0.1, -0.05) is 6.92 Å². The average Bonchev–Trinajstić information content (AvgIpc) is 2.43. The van der Waals surface area contributed by atoms with Crippen molar-refractivity contribution < 1.29 is 9.53 Å². The summed E-state index contributed by atoms with van der Waals surface area (Å²) in [5.74, 6) is 0.247. The van der Waals surface area contributed by atoms with E-state index in [0.717, 1.165) is 26.0 Å². The third kappa shape index (κ3) is 3.18. The molecule has 3 nitrogen and oxygen atoms in total. The van der Waals surface area contributed by atoms with Crippen molar-refractivity contribution in [2.24, 2.45) is 0 Å². The quantitative estimate of drug-likeness (QED) is 0.585. The van der Waals surface area contributed by atoms with Crippen molar-refractivity contribution in [1.29, 1.82) is 0 Å². The molecule has 0 aliphatic carbocycles. The highest BCUT2D eigenvalue weighted by Crippen LogP contribution is 2.24. The van der Waals surface area contributed by atoms with E-state index in [2.05, 4.69) is 32.9 Å². The van der Waals surface area contributed by atoms with E-state index in [4.69, 9.17) is 4.74 Å². The van der Waals surface area contributed by atoms with Crippen molar-refractivity contribution in [3.05, 3.63) is 0 Å². The number of carbonyl (C=O) groups excluding carboxylic acids is 1. The van der Waals surface area contributed by atoms with Gasteiger partial charge in [-0.2, -0.15) is 0 Å². The van der Waals surface area contributed by atoms with E-state index in [0.29, 0.717) is 0 Å². The van der Waals surface area contributed by atoms with Crippen molar-refractivity contribution in [2.45, 2.75) is 38.8 Å². The van der Waals surface area contributed by atoms with Crippen LogP contribution in [0.4, 0.5) is 0 Å². The Morgan fingerprint density at radius 2 is 2.38 bits per heavy atom. The van der Waals surface area contributed by atoms with Crippen LogP contribution in [-0.2, 0) is 9.53 Å². The van der Waals surface area contributed by atoms with Crippen LogP contribution in [0, 0.1) is 0 Å². The lowest BCUT2D eigenvalue weighted by Crippen LogP contribution is -2.26. The minimum atomic E-state index is 0.0717. The summed E-state index contributed by atoms with van der Waals surface area (Å²) < 4.78 is 7.66. The fourth-order valence-corrected chi connectivity index (χ4v) is 2.59. The van der Waals surface area contributed by atoms with Gasteiger partial charge in [0.25, 0.3) is 0 Å². The molecule has 1 aliphatic heterocycles. The van der Waals surface area contributed by atoms with Crippen LogP contribution in [0.5, 0.6) is 0 Å². The second-order valence-electron chi connectivity index (χ2n) is 3.44. The summed E-state index contributed by atoms with van der Waals surface area (Å²) in [6.45, 7) is 5.43. The van der Waals surface area contributed by atoms with Crippen LogP contribution >= 0.6 is 22.9 Å². The molecular formula is C9H16INO2. The minimum absolute atomic E-state index is 0.0717. The monoisotopic (exact) mass is 297 g/mol. The SMILES string of the molecule is CCCO[C@@H]1C[C@@H](C(C)=O)N(I)C1. The Bertz CT molecular complexity index is 186. The van der Waals surface area contributed by atoms with Crippen molar-refractivity contribution in [3.63, 3.8) is 0 Å². The lowest BCUT2D eigenvalue weighted by Gasteiger charge is -2.11. The molecule has 0 N–H and O–H groups in total. The number of carbonyl (C=O) groups is 1. The van der Waals surface area contributed by atoms with Gasteiger partial charge in [-0.15, -0.1) is 0 Å². The standard InChI is InChI=1S/C9H16INO2/c1-3-4-13-8-5-9(7(2)12)11(10)6-8/h8-9H,3-6H2,1-2H3/t8-,9+/m1/s1. The average molecular weight is 297 g/mol. The molecule has 0 aromatic carbocycles. The molecule has 0 aromatic rings. The molecule has 1 saturated heterocycles. The zero-order valence-corrected chi connectivity index (χ0v) is 10.3. The van der Waals surface area contributed by atoms with Crippen LogP contribution in [0.1, 0.15) is 26.7 Å². The number of rotatable bonds is 4. The summed E-state index contributed by atoms with van der Waals surface area (Å²) in [7, 11) is 0. The second kappa shape index (κ2) is 5.26. The van der Waals surface area contributed by atoms with Crippen LogP contribution in [0.2, 0.25) is 0 Å². The van der Waals surface area contributed by atoms with Crippen LogP contribution in [-0.4, -0.2) is 34.2 Å². The Hall–Kier alpha value is 0.320. The summed E-state index contributed by atoms with van der Waals surface area (Å²) in [6.07, 6.45) is 2.16. The molecule has 4 heteroatoms. The van der Waals surface area contributed by atoms with Crippen LogP contribution < -0.4 is 0 Å². The first kappa shape index (κ1) is 11.4. The van der Waals surface area contributed by atoms with Crippen LogP contribution in [0.25, 0.3) is 0 Å². The molecule has 0 spiro atoms. The highest BCUT2D eigenvalue weighted by Gasteiger charge is 2.33. The number of ketones is 1. The summed E-state index contributed by atoms with van der Waals surface area (Å²) in [4.78, 5) is 11.2. The predicted octanol–water partition coefficient (Wildman–Crippen LogP) is 1.79. The molecule has 76 valence electrons. The van der Waals surface area contributed by atoms with Gasteiger partial charge in [0.1, 0.15) is 5.78 Å². The topological polar surface area (TPSA) is 29.5 Å². The molecule has 1 fully saturated rings. The van der Waals surface area contributed by atoms with E-state index in [1.807, 2.05) is 0 Å². The van der Waals surface area contributed by atoms with E-state index >= 15 is 0 Å². The van der Waals surface area contributed by atoms with Gasteiger partial charge in [0, 0.05) is 36.0 Å². The molecule has 0 bridgehead atoms. The Kier molecular flexibility index (Phi) is 4.61. The fourth-order valence-electron chi connectivity index (χ4n) is 1.53. The predicted molar refractivity (Wildman–Crippen MR) is 59.8 cm³/mol. The molecular weight excluding hydrogens is 281 g/mol. The second-order valence-corrected chi connectivity index (χ2v) is 4.68. The molecule has 13 heavy (non-hydrogen) atoms. The number of Topliss-reactive ketones (excluding diaryl/α,β-unsaturated/α-hetero) is 1. The number of ether oxygens (including phenoxy) is 1. The van der Waals surface area contributed by atoms with Gasteiger partial charge in [0.05, 0.1) is 12.1 Å². The Labute approximate surface area is 93.3 Å². The lowest BCUT2D eigenvalue weighted by atomic mass is 10.1. The zero-order chi connectivity index (χ0) is 9.84. The first-order chi connectivity index (χ1) is 6.15. The molecule has 0 aromatic heterocycles. The first-order valence-electron chi connectivity index (χ1n) is 4.69. The van der Waals surface area contributed by atoms with Crippen molar-refractivity contribution in [2.75, 3.05) is 13.2 Å². The van der Waals surface area contributed by atoms with Gasteiger partial charge >= 0.3 is 0 Å². The van der Waals surface area contributed by atoms with Crippen LogP contribution in [0.3, 0.4) is 0 Å². The van der Waals surface area contributed by atoms with E-state index in [9.17, 15) is 4.79 Å². The van der Waals surface area contributed by atoms with E-state index in [1.165, 1.54) is 0 Å². The largest absolute Gasteiger partial charge is 0.377 e. The molecule has 1 rings (SSSR count). The van der Waals surface area contributed by atoms with Gasteiger partial charge in [-0.05, 0) is 19.8 Å². The maximum atomic E-state index is 11.2. The van der Waals surface area contributed by atoms with Gasteiger partial charge in [-0.3, -0.25) is 4.79 Å². The fraction of sp³-hybridized carbons (Fsp3) is 0.889. The summed E-state index contributed by atoms with van der Waals surface area (Å²) in [6, 6.07) is 0.0717. The van der Waals surface area contributed by atoms with E-state index in [-0.39, 0.29) is 17.9 Å². The lowest BCUT2D eigenvalue weighted by molar-refractivity contribution is -0.119. The highest BCUT2D eigenvalue weighted by atomic mass is 127. The maximum absolute atomic E-state index is 11.2. The van der Waals surface area contributed by atoms with Gasteiger partial charge in [0.2, 0.25) is 0 Å². The molecule has 0 saturated carbocycles. The summed E-state index contributed by atoms with van der Waals surface area (Å²) in [5.41, 5.74) is 0. The number of halogens is 1. The smallest absolute Gasteiger partial charge is 0.147 e. The van der Waals surface area contributed by atoms with Gasteiger partial charge < -0.3 is 4.74 Å². The Balaban J connectivity index is 2.36. The maximum Gasteiger partial charge on any atom is 0.147 e. The first-order valence-corrected chi connectivity index (χ1v) is 5.66. The number of hydrogen-bond acceptors (Lipinski definition) is 3. The molecule has 0 amide bonds. The third-order valence-corrected chi connectivity index (χ3v) is 3.30. The Morgan fingerprint density at radius 3 is 2.85 bits per heavy atom. The highest BCUT2D eigenvalue weighted by molar-refractivity contribution is 14.1.